The largest absolute Gasteiger partial charge is 0.341 e. The Balaban J connectivity index is 1.39. The fraction of sp³-hybridized carbons (Fsp3) is 0.444. The van der Waals surface area contributed by atoms with Crippen molar-refractivity contribution in [3.8, 4) is 11.5 Å². The average Bonchev–Trinajstić information content (AvgIpc) is 3.32. The molecule has 0 radical (unpaired) electrons. The summed E-state index contributed by atoms with van der Waals surface area (Å²) in [5, 5.41) is 0. The number of aromatic nitrogens is 5. The van der Waals surface area contributed by atoms with Crippen molar-refractivity contribution in [1.82, 2.24) is 29.8 Å². The van der Waals surface area contributed by atoms with Gasteiger partial charge in [-0.3, -0.25) is 4.90 Å². The fourth-order valence-electron chi connectivity index (χ4n) is 3.38. The average molecular weight is 354 g/mol. The molecular formula is C18H22N6S. The van der Waals surface area contributed by atoms with Crippen LogP contribution in [0.1, 0.15) is 28.4 Å². The first-order valence-corrected chi connectivity index (χ1v) is 9.49. The Labute approximate surface area is 151 Å². The smallest absolute Gasteiger partial charge is 0.156 e. The summed E-state index contributed by atoms with van der Waals surface area (Å²) in [5.41, 5.74) is 6.12. The standard InChI is InChI=1S/C18H22N6S/c1-12-7-19-18(23-12)16-6-15(20-10-21-16)5-14-3-4-24(8-14)9-17-13(2)22-11-25-17/h6-7,10-11,14H,3-5,8-9H2,1-2H3,(H,19,23)/t14-/m1/s1. The van der Waals surface area contributed by atoms with E-state index in [1.54, 1.807) is 17.7 Å². The van der Waals surface area contributed by atoms with Crippen LogP contribution in [0.5, 0.6) is 0 Å². The summed E-state index contributed by atoms with van der Waals surface area (Å²) in [5.74, 6) is 1.46. The van der Waals surface area contributed by atoms with Crippen molar-refractivity contribution in [3.05, 3.63) is 46.1 Å². The van der Waals surface area contributed by atoms with Gasteiger partial charge in [0.25, 0.3) is 0 Å². The molecule has 0 amide bonds. The maximum Gasteiger partial charge on any atom is 0.156 e. The third kappa shape index (κ3) is 3.77. The van der Waals surface area contributed by atoms with Gasteiger partial charge in [-0.2, -0.15) is 0 Å². The molecule has 4 heterocycles. The zero-order valence-corrected chi connectivity index (χ0v) is 15.4. The minimum absolute atomic E-state index is 0.648. The van der Waals surface area contributed by atoms with Gasteiger partial charge >= 0.3 is 0 Å². The van der Waals surface area contributed by atoms with Crippen molar-refractivity contribution >= 4 is 11.3 Å². The van der Waals surface area contributed by atoms with E-state index in [1.807, 2.05) is 18.6 Å². The summed E-state index contributed by atoms with van der Waals surface area (Å²) in [6, 6.07) is 2.06. The normalized spacial score (nSPS) is 18.1. The number of hydrogen-bond donors (Lipinski definition) is 1. The molecule has 3 aromatic heterocycles. The monoisotopic (exact) mass is 354 g/mol. The number of rotatable bonds is 5. The van der Waals surface area contributed by atoms with E-state index in [1.165, 1.54) is 17.0 Å². The molecule has 0 aromatic carbocycles. The molecule has 7 heteroatoms. The lowest BCUT2D eigenvalue weighted by atomic mass is 10.0. The first-order valence-electron chi connectivity index (χ1n) is 8.61. The Morgan fingerprint density at radius 1 is 1.24 bits per heavy atom. The van der Waals surface area contributed by atoms with E-state index in [-0.39, 0.29) is 0 Å². The summed E-state index contributed by atoms with van der Waals surface area (Å²) in [7, 11) is 0. The Hall–Kier alpha value is -2.12. The molecule has 1 N–H and O–H groups in total. The SMILES string of the molecule is Cc1cnc(-c2cc(C[C@H]3CCN(Cc4scnc4C)C3)ncn2)[nH]1. The zero-order valence-electron chi connectivity index (χ0n) is 14.6. The summed E-state index contributed by atoms with van der Waals surface area (Å²) < 4.78 is 0. The second-order valence-electron chi connectivity index (χ2n) is 6.76. The van der Waals surface area contributed by atoms with Gasteiger partial charge in [-0.25, -0.2) is 19.9 Å². The van der Waals surface area contributed by atoms with E-state index in [9.17, 15) is 0 Å². The number of nitrogens with zero attached hydrogens (tertiary/aromatic N) is 5. The van der Waals surface area contributed by atoms with Crippen LogP contribution < -0.4 is 0 Å². The quantitative estimate of drug-likeness (QED) is 0.763. The van der Waals surface area contributed by atoms with Crippen LogP contribution >= 0.6 is 11.3 Å². The third-order valence-corrected chi connectivity index (χ3v) is 5.67. The Morgan fingerprint density at radius 2 is 2.16 bits per heavy atom. The van der Waals surface area contributed by atoms with Crippen molar-refractivity contribution in [2.75, 3.05) is 13.1 Å². The molecule has 3 aromatic rings. The number of aryl methyl sites for hydroxylation is 2. The molecule has 1 aliphatic heterocycles. The van der Waals surface area contributed by atoms with Gasteiger partial charge in [-0.15, -0.1) is 11.3 Å². The molecule has 0 saturated carbocycles. The third-order valence-electron chi connectivity index (χ3n) is 4.75. The molecule has 4 rings (SSSR count). The molecule has 0 unspecified atom stereocenters. The van der Waals surface area contributed by atoms with E-state index >= 15 is 0 Å². The van der Waals surface area contributed by atoms with Gasteiger partial charge in [0.05, 0.1) is 11.2 Å². The molecule has 1 fully saturated rings. The zero-order chi connectivity index (χ0) is 17.2. The summed E-state index contributed by atoms with van der Waals surface area (Å²) in [4.78, 5) is 24.7. The van der Waals surface area contributed by atoms with E-state index in [4.69, 9.17) is 0 Å². The topological polar surface area (TPSA) is 70.6 Å². The molecule has 1 atom stereocenters. The van der Waals surface area contributed by atoms with Gasteiger partial charge in [0.1, 0.15) is 12.0 Å². The predicted molar refractivity (Wildman–Crippen MR) is 98.3 cm³/mol. The second-order valence-corrected chi connectivity index (χ2v) is 7.70. The summed E-state index contributed by atoms with van der Waals surface area (Å²) in [6.07, 6.45) is 5.69. The second kappa shape index (κ2) is 7.01. The number of likely N-dealkylation sites (tertiary alicyclic amines) is 1. The highest BCUT2D eigenvalue weighted by molar-refractivity contribution is 7.09. The van der Waals surface area contributed by atoms with Gasteiger partial charge in [0.15, 0.2) is 5.82 Å². The van der Waals surface area contributed by atoms with Crippen molar-refractivity contribution < 1.29 is 0 Å². The van der Waals surface area contributed by atoms with E-state index in [2.05, 4.69) is 42.8 Å². The molecular weight excluding hydrogens is 332 g/mol. The fourth-order valence-corrected chi connectivity index (χ4v) is 4.20. The first-order chi connectivity index (χ1) is 12.2. The molecule has 1 aliphatic rings. The summed E-state index contributed by atoms with van der Waals surface area (Å²) in [6.45, 7) is 7.39. The maximum absolute atomic E-state index is 4.47. The number of nitrogens with one attached hydrogen (secondary N) is 1. The number of thiazole rings is 1. The van der Waals surface area contributed by atoms with Crippen LogP contribution in [0.25, 0.3) is 11.5 Å². The molecule has 25 heavy (non-hydrogen) atoms. The van der Waals surface area contributed by atoms with Crippen LogP contribution in [0, 0.1) is 19.8 Å². The highest BCUT2D eigenvalue weighted by Crippen LogP contribution is 2.24. The molecule has 0 bridgehead atoms. The van der Waals surface area contributed by atoms with Crippen molar-refractivity contribution in [2.24, 2.45) is 5.92 Å². The summed E-state index contributed by atoms with van der Waals surface area (Å²) >= 11 is 1.76. The maximum atomic E-state index is 4.47. The van der Waals surface area contributed by atoms with E-state index in [0.29, 0.717) is 5.92 Å². The molecule has 1 saturated heterocycles. The first kappa shape index (κ1) is 16.4. The lowest BCUT2D eigenvalue weighted by Crippen LogP contribution is -2.20. The molecule has 130 valence electrons. The van der Waals surface area contributed by atoms with Crippen LogP contribution in [0.2, 0.25) is 0 Å². The molecule has 6 nitrogen and oxygen atoms in total. The van der Waals surface area contributed by atoms with Crippen molar-refractivity contribution in [2.45, 2.75) is 33.2 Å². The lowest BCUT2D eigenvalue weighted by Gasteiger charge is -2.15. The van der Waals surface area contributed by atoms with E-state index < -0.39 is 0 Å². The number of hydrogen-bond acceptors (Lipinski definition) is 6. The molecule has 0 spiro atoms. The Bertz CT molecular complexity index is 855. The van der Waals surface area contributed by atoms with Crippen LogP contribution in [0.4, 0.5) is 0 Å². The number of H-pyrrole nitrogens is 1. The van der Waals surface area contributed by atoms with Crippen molar-refractivity contribution in [3.63, 3.8) is 0 Å². The Morgan fingerprint density at radius 3 is 2.92 bits per heavy atom. The van der Waals surface area contributed by atoms with E-state index in [0.717, 1.165) is 49.0 Å². The van der Waals surface area contributed by atoms with Gasteiger partial charge in [0, 0.05) is 35.6 Å². The van der Waals surface area contributed by atoms with Gasteiger partial charge in [0.2, 0.25) is 0 Å². The van der Waals surface area contributed by atoms with Crippen LogP contribution in [0.15, 0.2) is 24.1 Å². The van der Waals surface area contributed by atoms with Gasteiger partial charge in [-0.1, -0.05) is 0 Å². The van der Waals surface area contributed by atoms with Crippen LogP contribution in [-0.4, -0.2) is 42.9 Å². The predicted octanol–water partition coefficient (Wildman–Crippen LogP) is 3.00. The Kier molecular flexibility index (Phi) is 4.59. The highest BCUT2D eigenvalue weighted by atomic mass is 32.1. The van der Waals surface area contributed by atoms with Crippen molar-refractivity contribution in [1.29, 1.82) is 0 Å². The van der Waals surface area contributed by atoms with Gasteiger partial charge < -0.3 is 4.98 Å². The van der Waals surface area contributed by atoms with Crippen LogP contribution in [-0.2, 0) is 13.0 Å². The van der Waals surface area contributed by atoms with Crippen LogP contribution in [0.3, 0.4) is 0 Å². The number of imidazole rings is 1. The molecule has 0 aliphatic carbocycles. The van der Waals surface area contributed by atoms with Gasteiger partial charge in [-0.05, 0) is 45.2 Å². The highest BCUT2D eigenvalue weighted by Gasteiger charge is 2.24. The minimum atomic E-state index is 0.648. The number of aromatic amines is 1. The minimum Gasteiger partial charge on any atom is -0.341 e. The lowest BCUT2D eigenvalue weighted by molar-refractivity contribution is 0.318.